The Bertz CT molecular complexity index is 783. The van der Waals surface area contributed by atoms with E-state index in [2.05, 4.69) is 60.8 Å². The fraction of sp³-hybridized carbons (Fsp3) is 0.250. The third-order valence-electron chi connectivity index (χ3n) is 4.25. The molecular weight excluding hydrogens is 334 g/mol. The molecule has 3 nitrogen and oxygen atoms in total. The summed E-state index contributed by atoms with van der Waals surface area (Å²) in [5.74, 6) is 1.83. The zero-order valence-electron chi connectivity index (χ0n) is 15.9. The standard InChI is InChI=1S/C24H27NO2/c1-2-17-26-23-12-8-21(9-13-23)19-25-22-10-14-24(15-11-22)27-18-16-20-6-4-3-5-7-20/h3-15,25H,2,16-19H2,1H3. The molecule has 0 unspecified atom stereocenters. The minimum Gasteiger partial charge on any atom is -0.494 e. The summed E-state index contributed by atoms with van der Waals surface area (Å²) in [4.78, 5) is 0. The number of anilines is 1. The van der Waals surface area contributed by atoms with E-state index in [1.807, 2.05) is 30.3 Å². The lowest BCUT2D eigenvalue weighted by atomic mass is 10.2. The molecule has 3 heteroatoms. The van der Waals surface area contributed by atoms with Crippen LogP contribution in [0.5, 0.6) is 11.5 Å². The molecule has 1 N–H and O–H groups in total. The summed E-state index contributed by atoms with van der Waals surface area (Å²) >= 11 is 0. The number of hydrogen-bond donors (Lipinski definition) is 1. The van der Waals surface area contributed by atoms with Gasteiger partial charge in [-0.3, -0.25) is 0 Å². The molecule has 0 saturated heterocycles. The molecule has 0 aliphatic rings. The Hall–Kier alpha value is -2.94. The molecule has 0 heterocycles. The molecular formula is C24H27NO2. The molecule has 27 heavy (non-hydrogen) atoms. The van der Waals surface area contributed by atoms with Gasteiger partial charge in [-0.05, 0) is 53.9 Å². The van der Waals surface area contributed by atoms with Crippen LogP contribution in [0.4, 0.5) is 5.69 Å². The highest BCUT2D eigenvalue weighted by molar-refractivity contribution is 5.47. The van der Waals surface area contributed by atoms with Gasteiger partial charge in [0.1, 0.15) is 11.5 Å². The summed E-state index contributed by atoms with van der Waals surface area (Å²) in [7, 11) is 0. The van der Waals surface area contributed by atoms with Gasteiger partial charge in [0.2, 0.25) is 0 Å². The monoisotopic (exact) mass is 361 g/mol. The van der Waals surface area contributed by atoms with E-state index in [1.54, 1.807) is 0 Å². The Morgan fingerprint density at radius 3 is 1.96 bits per heavy atom. The fourth-order valence-electron chi connectivity index (χ4n) is 2.73. The summed E-state index contributed by atoms with van der Waals surface area (Å²) in [6, 6.07) is 26.8. The number of hydrogen-bond acceptors (Lipinski definition) is 3. The lowest BCUT2D eigenvalue weighted by molar-refractivity contribution is 0.317. The normalized spacial score (nSPS) is 10.4. The predicted molar refractivity (Wildman–Crippen MR) is 112 cm³/mol. The van der Waals surface area contributed by atoms with E-state index in [-0.39, 0.29) is 0 Å². The van der Waals surface area contributed by atoms with Crippen molar-refractivity contribution in [1.29, 1.82) is 0 Å². The smallest absolute Gasteiger partial charge is 0.119 e. The largest absolute Gasteiger partial charge is 0.494 e. The Morgan fingerprint density at radius 1 is 0.667 bits per heavy atom. The number of benzene rings is 3. The van der Waals surface area contributed by atoms with E-state index in [1.165, 1.54) is 11.1 Å². The van der Waals surface area contributed by atoms with Crippen LogP contribution in [-0.2, 0) is 13.0 Å². The first kappa shape index (κ1) is 18.8. The van der Waals surface area contributed by atoms with Crippen molar-refractivity contribution >= 4 is 5.69 Å². The second-order valence-corrected chi connectivity index (χ2v) is 6.45. The molecule has 0 radical (unpaired) electrons. The molecule has 0 atom stereocenters. The Kier molecular flexibility index (Phi) is 7.16. The van der Waals surface area contributed by atoms with Crippen LogP contribution in [-0.4, -0.2) is 13.2 Å². The number of ether oxygens (including phenoxy) is 2. The van der Waals surface area contributed by atoms with Crippen LogP contribution < -0.4 is 14.8 Å². The Morgan fingerprint density at radius 2 is 1.30 bits per heavy atom. The van der Waals surface area contributed by atoms with E-state index in [0.717, 1.165) is 43.2 Å². The quantitative estimate of drug-likeness (QED) is 0.502. The van der Waals surface area contributed by atoms with Gasteiger partial charge < -0.3 is 14.8 Å². The number of nitrogens with one attached hydrogen (secondary N) is 1. The molecule has 0 saturated carbocycles. The zero-order valence-corrected chi connectivity index (χ0v) is 15.9. The van der Waals surface area contributed by atoms with Crippen molar-refractivity contribution in [3.8, 4) is 11.5 Å². The van der Waals surface area contributed by atoms with Gasteiger partial charge >= 0.3 is 0 Å². The second-order valence-electron chi connectivity index (χ2n) is 6.45. The molecule has 0 fully saturated rings. The molecule has 0 bridgehead atoms. The molecule has 3 aromatic rings. The first-order valence-corrected chi connectivity index (χ1v) is 9.56. The highest BCUT2D eigenvalue weighted by Crippen LogP contribution is 2.18. The van der Waals surface area contributed by atoms with Crippen molar-refractivity contribution in [2.24, 2.45) is 0 Å². The van der Waals surface area contributed by atoms with Crippen molar-refractivity contribution in [3.05, 3.63) is 90.0 Å². The van der Waals surface area contributed by atoms with Gasteiger partial charge in [-0.15, -0.1) is 0 Å². The highest BCUT2D eigenvalue weighted by atomic mass is 16.5. The van der Waals surface area contributed by atoms with E-state index in [0.29, 0.717) is 6.61 Å². The van der Waals surface area contributed by atoms with Crippen LogP contribution in [0.2, 0.25) is 0 Å². The minimum atomic E-state index is 0.684. The van der Waals surface area contributed by atoms with E-state index in [4.69, 9.17) is 9.47 Å². The van der Waals surface area contributed by atoms with Gasteiger partial charge in [0, 0.05) is 18.7 Å². The van der Waals surface area contributed by atoms with Crippen molar-refractivity contribution in [3.63, 3.8) is 0 Å². The Labute approximate surface area is 162 Å². The van der Waals surface area contributed by atoms with Crippen LogP contribution in [0.15, 0.2) is 78.9 Å². The Balaban J connectivity index is 1.42. The maximum atomic E-state index is 5.83. The van der Waals surface area contributed by atoms with Crippen molar-refractivity contribution < 1.29 is 9.47 Å². The fourth-order valence-corrected chi connectivity index (χ4v) is 2.73. The third-order valence-corrected chi connectivity index (χ3v) is 4.25. The molecule has 0 spiro atoms. The van der Waals surface area contributed by atoms with Crippen LogP contribution in [0.3, 0.4) is 0 Å². The maximum absolute atomic E-state index is 5.83. The molecule has 140 valence electrons. The van der Waals surface area contributed by atoms with Crippen LogP contribution in [0, 0.1) is 0 Å². The van der Waals surface area contributed by atoms with Crippen LogP contribution >= 0.6 is 0 Å². The lowest BCUT2D eigenvalue weighted by Crippen LogP contribution is -2.02. The van der Waals surface area contributed by atoms with E-state index in [9.17, 15) is 0 Å². The zero-order chi connectivity index (χ0) is 18.7. The minimum absolute atomic E-state index is 0.684. The van der Waals surface area contributed by atoms with Gasteiger partial charge in [0.05, 0.1) is 13.2 Å². The molecule has 0 aromatic heterocycles. The van der Waals surface area contributed by atoms with Crippen molar-refractivity contribution in [2.45, 2.75) is 26.3 Å². The number of rotatable bonds is 10. The topological polar surface area (TPSA) is 30.5 Å². The summed E-state index contributed by atoms with van der Waals surface area (Å²) in [5.41, 5.74) is 3.60. The molecule has 0 aliphatic heterocycles. The second kappa shape index (κ2) is 10.3. The van der Waals surface area contributed by atoms with Crippen LogP contribution in [0.1, 0.15) is 24.5 Å². The highest BCUT2D eigenvalue weighted by Gasteiger charge is 1.99. The van der Waals surface area contributed by atoms with E-state index >= 15 is 0 Å². The molecule has 3 rings (SSSR count). The third kappa shape index (κ3) is 6.37. The average Bonchev–Trinajstić information content (AvgIpc) is 2.73. The molecule has 0 amide bonds. The summed E-state index contributed by atoms with van der Waals surface area (Å²) < 4.78 is 11.4. The van der Waals surface area contributed by atoms with Gasteiger partial charge in [-0.1, -0.05) is 49.4 Å². The van der Waals surface area contributed by atoms with Crippen LogP contribution in [0.25, 0.3) is 0 Å². The summed E-state index contributed by atoms with van der Waals surface area (Å²) in [6.07, 6.45) is 1.94. The average molecular weight is 361 g/mol. The van der Waals surface area contributed by atoms with Gasteiger partial charge in [0.15, 0.2) is 0 Å². The molecule has 3 aromatic carbocycles. The predicted octanol–water partition coefficient (Wildman–Crippen LogP) is 5.71. The SMILES string of the molecule is CCCOc1ccc(CNc2ccc(OCCc3ccccc3)cc2)cc1. The van der Waals surface area contributed by atoms with Crippen molar-refractivity contribution in [2.75, 3.05) is 18.5 Å². The lowest BCUT2D eigenvalue weighted by Gasteiger charge is -2.10. The van der Waals surface area contributed by atoms with Gasteiger partial charge in [0.25, 0.3) is 0 Å². The first-order chi connectivity index (χ1) is 13.3. The summed E-state index contributed by atoms with van der Waals surface area (Å²) in [6.45, 7) is 4.33. The summed E-state index contributed by atoms with van der Waals surface area (Å²) in [5, 5.41) is 3.44. The van der Waals surface area contributed by atoms with Crippen molar-refractivity contribution in [1.82, 2.24) is 0 Å². The van der Waals surface area contributed by atoms with Gasteiger partial charge in [-0.2, -0.15) is 0 Å². The van der Waals surface area contributed by atoms with Gasteiger partial charge in [-0.25, -0.2) is 0 Å². The maximum Gasteiger partial charge on any atom is 0.119 e. The molecule has 0 aliphatic carbocycles. The first-order valence-electron chi connectivity index (χ1n) is 9.56. The van der Waals surface area contributed by atoms with E-state index < -0.39 is 0 Å².